The summed E-state index contributed by atoms with van der Waals surface area (Å²) in [7, 11) is 0. The molecule has 0 radical (unpaired) electrons. The maximum Gasteiger partial charge on any atom is 0.222 e. The first-order valence-electron chi connectivity index (χ1n) is 9.76. The monoisotopic (exact) mass is 526 g/mol. The molecule has 29 heavy (non-hydrogen) atoms. The van der Waals surface area contributed by atoms with Crippen LogP contribution in [0.5, 0.6) is 0 Å². The molecule has 3 rings (SSSR count). The molecule has 2 aromatic carbocycles. The van der Waals surface area contributed by atoms with E-state index in [0.29, 0.717) is 26.1 Å². The molecule has 1 aliphatic heterocycles. The van der Waals surface area contributed by atoms with Crippen LogP contribution in [-0.4, -0.2) is 29.9 Å². The average molecular weight is 527 g/mol. The van der Waals surface area contributed by atoms with E-state index >= 15 is 0 Å². The predicted molar refractivity (Wildman–Crippen MR) is 130 cm³/mol. The van der Waals surface area contributed by atoms with Gasteiger partial charge < -0.3 is 15.5 Å². The Balaban J connectivity index is 0.00000300. The molecule has 0 atom stereocenters. The Hall–Kier alpha value is -1.80. The van der Waals surface area contributed by atoms with Crippen molar-refractivity contribution in [1.29, 1.82) is 0 Å². The fourth-order valence-corrected chi connectivity index (χ4v) is 3.34. The van der Waals surface area contributed by atoms with Gasteiger partial charge in [0.1, 0.15) is 0 Å². The largest absolute Gasteiger partial charge is 0.357 e. The highest BCUT2D eigenvalue weighted by Crippen LogP contribution is 2.15. The van der Waals surface area contributed by atoms with Crippen LogP contribution in [0.2, 0.25) is 5.02 Å². The minimum atomic E-state index is 0. The summed E-state index contributed by atoms with van der Waals surface area (Å²) < 4.78 is 0. The summed E-state index contributed by atoms with van der Waals surface area (Å²) in [5.74, 6) is 1.03. The second kappa shape index (κ2) is 12.0. The summed E-state index contributed by atoms with van der Waals surface area (Å²) in [6.45, 7) is 5.65. The predicted octanol–water partition coefficient (Wildman–Crippen LogP) is 4.34. The second-order valence-corrected chi connectivity index (χ2v) is 7.35. The van der Waals surface area contributed by atoms with Gasteiger partial charge in [-0.05, 0) is 42.2 Å². The van der Waals surface area contributed by atoms with Crippen LogP contribution in [0.1, 0.15) is 36.5 Å². The molecule has 1 aliphatic rings. The van der Waals surface area contributed by atoms with Crippen LogP contribution in [0.25, 0.3) is 0 Å². The summed E-state index contributed by atoms with van der Waals surface area (Å²) in [6.07, 6.45) is 1.64. The van der Waals surface area contributed by atoms with Crippen molar-refractivity contribution in [2.75, 3.05) is 13.1 Å². The number of benzene rings is 2. The normalized spacial score (nSPS) is 13.9. The Bertz CT molecular complexity index is 826. The zero-order chi connectivity index (χ0) is 19.8. The standard InChI is InChI=1S/C22H27ClN4O.HI/c1-2-24-22(25-14-17-8-10-20(23)11-9-17)26-15-18-5-3-6-19(13-18)16-27-12-4-7-21(27)28;/h3,5-6,8-11,13H,2,4,7,12,14-16H2,1H3,(H2,24,25,26);1H. The van der Waals surface area contributed by atoms with E-state index in [1.54, 1.807) is 0 Å². The van der Waals surface area contributed by atoms with Crippen molar-refractivity contribution >= 4 is 47.4 Å². The highest BCUT2D eigenvalue weighted by atomic mass is 127. The highest BCUT2D eigenvalue weighted by molar-refractivity contribution is 14.0. The molecule has 7 heteroatoms. The van der Waals surface area contributed by atoms with Crippen LogP contribution in [0.4, 0.5) is 0 Å². The molecule has 1 heterocycles. The molecule has 0 aliphatic carbocycles. The molecular weight excluding hydrogens is 499 g/mol. The van der Waals surface area contributed by atoms with Gasteiger partial charge in [0.2, 0.25) is 5.91 Å². The molecule has 0 unspecified atom stereocenters. The van der Waals surface area contributed by atoms with E-state index < -0.39 is 0 Å². The number of amides is 1. The van der Waals surface area contributed by atoms with E-state index in [1.807, 2.05) is 42.2 Å². The van der Waals surface area contributed by atoms with Gasteiger partial charge >= 0.3 is 0 Å². The molecule has 1 fully saturated rings. The molecule has 5 nitrogen and oxygen atoms in total. The molecular formula is C22H28ClIN4O. The summed E-state index contributed by atoms with van der Waals surface area (Å²) in [6, 6.07) is 16.1. The van der Waals surface area contributed by atoms with Gasteiger partial charge in [0.25, 0.3) is 0 Å². The van der Waals surface area contributed by atoms with Crippen LogP contribution < -0.4 is 10.6 Å². The SMILES string of the molecule is CCNC(=NCc1cccc(CN2CCCC2=O)c1)NCc1ccc(Cl)cc1.I. The quantitative estimate of drug-likeness (QED) is 0.321. The van der Waals surface area contributed by atoms with E-state index in [9.17, 15) is 4.79 Å². The number of aliphatic imine (C=N–C) groups is 1. The van der Waals surface area contributed by atoms with E-state index in [1.165, 1.54) is 0 Å². The number of carbonyl (C=O) groups is 1. The van der Waals surface area contributed by atoms with E-state index in [-0.39, 0.29) is 29.9 Å². The minimum Gasteiger partial charge on any atom is -0.357 e. The molecule has 156 valence electrons. The number of guanidine groups is 1. The number of carbonyl (C=O) groups excluding carboxylic acids is 1. The van der Waals surface area contributed by atoms with Gasteiger partial charge in [0, 0.05) is 37.6 Å². The lowest BCUT2D eigenvalue weighted by Gasteiger charge is -2.16. The number of hydrogen-bond donors (Lipinski definition) is 2. The average Bonchev–Trinajstić information content (AvgIpc) is 3.10. The van der Waals surface area contributed by atoms with Gasteiger partial charge in [-0.2, -0.15) is 0 Å². The van der Waals surface area contributed by atoms with Gasteiger partial charge in [0.05, 0.1) is 6.54 Å². The Morgan fingerprint density at radius 2 is 1.86 bits per heavy atom. The lowest BCUT2D eigenvalue weighted by molar-refractivity contribution is -0.128. The van der Waals surface area contributed by atoms with E-state index in [4.69, 9.17) is 16.6 Å². The van der Waals surface area contributed by atoms with Crippen molar-refractivity contribution < 1.29 is 4.79 Å². The first-order valence-corrected chi connectivity index (χ1v) is 10.1. The Morgan fingerprint density at radius 1 is 1.10 bits per heavy atom. The Kier molecular flexibility index (Phi) is 9.73. The summed E-state index contributed by atoms with van der Waals surface area (Å²) in [5.41, 5.74) is 3.43. The third-order valence-electron chi connectivity index (χ3n) is 4.67. The van der Waals surface area contributed by atoms with Crippen molar-refractivity contribution in [1.82, 2.24) is 15.5 Å². The lowest BCUT2D eigenvalue weighted by Crippen LogP contribution is -2.36. The second-order valence-electron chi connectivity index (χ2n) is 6.91. The molecule has 0 spiro atoms. The molecule has 1 saturated heterocycles. The molecule has 0 aromatic heterocycles. The molecule has 2 N–H and O–H groups in total. The number of nitrogens with zero attached hydrogens (tertiary/aromatic N) is 2. The Labute approximate surface area is 194 Å². The minimum absolute atomic E-state index is 0. The zero-order valence-electron chi connectivity index (χ0n) is 16.7. The van der Waals surface area contributed by atoms with Crippen molar-refractivity contribution in [3.05, 3.63) is 70.2 Å². The van der Waals surface area contributed by atoms with Crippen molar-refractivity contribution in [3.8, 4) is 0 Å². The number of halogens is 2. The number of rotatable bonds is 7. The van der Waals surface area contributed by atoms with Gasteiger partial charge in [-0.3, -0.25) is 4.79 Å². The first-order chi connectivity index (χ1) is 13.6. The fraction of sp³-hybridized carbons (Fsp3) is 0.364. The molecule has 2 aromatic rings. The summed E-state index contributed by atoms with van der Waals surface area (Å²) in [4.78, 5) is 18.5. The number of likely N-dealkylation sites (tertiary alicyclic amines) is 1. The highest BCUT2D eigenvalue weighted by Gasteiger charge is 2.19. The lowest BCUT2D eigenvalue weighted by atomic mass is 10.1. The maximum absolute atomic E-state index is 11.8. The van der Waals surface area contributed by atoms with Crippen molar-refractivity contribution in [2.24, 2.45) is 4.99 Å². The van der Waals surface area contributed by atoms with Crippen LogP contribution >= 0.6 is 35.6 Å². The third-order valence-corrected chi connectivity index (χ3v) is 4.93. The van der Waals surface area contributed by atoms with Crippen LogP contribution in [0.3, 0.4) is 0 Å². The van der Waals surface area contributed by atoms with Gasteiger partial charge in [-0.15, -0.1) is 24.0 Å². The number of nitrogens with one attached hydrogen (secondary N) is 2. The zero-order valence-corrected chi connectivity index (χ0v) is 19.7. The van der Waals surface area contributed by atoms with Crippen molar-refractivity contribution in [3.63, 3.8) is 0 Å². The smallest absolute Gasteiger partial charge is 0.222 e. The molecule has 0 bridgehead atoms. The van der Waals surface area contributed by atoms with Gasteiger partial charge in [0.15, 0.2) is 5.96 Å². The maximum atomic E-state index is 11.8. The van der Waals surface area contributed by atoms with Crippen molar-refractivity contribution in [2.45, 2.75) is 39.4 Å². The fourth-order valence-electron chi connectivity index (χ4n) is 3.22. The van der Waals surface area contributed by atoms with E-state index in [2.05, 4.69) is 28.8 Å². The van der Waals surface area contributed by atoms with Gasteiger partial charge in [-0.25, -0.2) is 4.99 Å². The summed E-state index contributed by atoms with van der Waals surface area (Å²) >= 11 is 5.94. The van der Waals surface area contributed by atoms with E-state index in [0.717, 1.165) is 47.2 Å². The molecule has 0 saturated carbocycles. The van der Waals surface area contributed by atoms with Gasteiger partial charge in [-0.1, -0.05) is 48.0 Å². The number of hydrogen-bond acceptors (Lipinski definition) is 2. The third kappa shape index (κ3) is 7.51. The first kappa shape index (κ1) is 23.5. The topological polar surface area (TPSA) is 56.7 Å². The van der Waals surface area contributed by atoms with Crippen LogP contribution in [0.15, 0.2) is 53.5 Å². The molecule has 1 amide bonds. The Morgan fingerprint density at radius 3 is 2.55 bits per heavy atom. The van der Waals surface area contributed by atoms with Crippen LogP contribution in [-0.2, 0) is 24.4 Å². The van der Waals surface area contributed by atoms with Crippen LogP contribution in [0, 0.1) is 0 Å². The summed E-state index contributed by atoms with van der Waals surface area (Å²) in [5, 5.41) is 7.36.